The van der Waals surface area contributed by atoms with E-state index in [0.29, 0.717) is 0 Å². The van der Waals surface area contributed by atoms with Gasteiger partial charge in [0, 0.05) is 0 Å². The average Bonchev–Trinajstić information content (AvgIpc) is 2.71. The zero-order chi connectivity index (χ0) is 15.5. The molecule has 0 saturated heterocycles. The van der Waals surface area contributed by atoms with Crippen LogP contribution in [-0.2, 0) is 9.47 Å². The summed E-state index contributed by atoms with van der Waals surface area (Å²) in [4.78, 5) is 12.1. The van der Waals surface area contributed by atoms with E-state index in [1.54, 1.807) is 0 Å². The lowest BCUT2D eigenvalue weighted by Crippen LogP contribution is -2.24. The summed E-state index contributed by atoms with van der Waals surface area (Å²) in [6, 6.07) is 0. The van der Waals surface area contributed by atoms with E-state index in [-0.39, 0.29) is 12.2 Å². The normalized spacial score (nSPS) is 24.0. The molecule has 2 saturated carbocycles. The van der Waals surface area contributed by atoms with Crippen LogP contribution in [0.2, 0.25) is 0 Å². The van der Waals surface area contributed by atoms with Crippen molar-refractivity contribution < 1.29 is 14.3 Å². The minimum atomic E-state index is -0.409. The summed E-state index contributed by atoms with van der Waals surface area (Å²) < 4.78 is 11.3. The molecule has 0 atom stereocenters. The number of carbonyl (C=O) groups is 1. The quantitative estimate of drug-likeness (QED) is 0.574. The molecule has 0 aromatic heterocycles. The van der Waals surface area contributed by atoms with Gasteiger partial charge in [0.2, 0.25) is 0 Å². The number of carbonyl (C=O) groups excluding carboxylic acids is 1. The number of ether oxygens (including phenoxy) is 2. The van der Waals surface area contributed by atoms with Crippen LogP contribution in [0.15, 0.2) is 0 Å². The van der Waals surface area contributed by atoms with Gasteiger partial charge >= 0.3 is 6.16 Å². The molecule has 3 nitrogen and oxygen atoms in total. The summed E-state index contributed by atoms with van der Waals surface area (Å²) in [5, 5.41) is 0. The van der Waals surface area contributed by atoms with Crippen molar-refractivity contribution >= 4 is 6.16 Å². The van der Waals surface area contributed by atoms with E-state index in [0.717, 1.165) is 25.7 Å². The molecule has 0 heterocycles. The molecule has 2 aliphatic carbocycles. The maximum absolute atomic E-state index is 12.1. The number of rotatable bonds is 2. The predicted octanol–water partition coefficient (Wildman–Crippen LogP) is 6.15. The Bertz CT molecular complexity index is 255. The second kappa shape index (κ2) is 10.9. The molecule has 0 amide bonds. The Morgan fingerprint density at radius 3 is 1.09 bits per heavy atom. The molecule has 0 aromatic rings. The second-order valence-electron chi connectivity index (χ2n) is 7.13. The number of hydrogen-bond acceptors (Lipinski definition) is 3. The van der Waals surface area contributed by atoms with Crippen molar-refractivity contribution in [1.29, 1.82) is 0 Å². The van der Waals surface area contributed by atoms with Gasteiger partial charge in [-0.15, -0.1) is 0 Å². The molecule has 2 rings (SSSR count). The molecule has 0 aromatic carbocycles. The van der Waals surface area contributed by atoms with Gasteiger partial charge in [-0.1, -0.05) is 51.4 Å². The van der Waals surface area contributed by atoms with Crippen molar-refractivity contribution in [3.8, 4) is 0 Å². The van der Waals surface area contributed by atoms with Crippen LogP contribution in [-0.4, -0.2) is 18.4 Å². The van der Waals surface area contributed by atoms with Crippen molar-refractivity contribution in [2.75, 3.05) is 0 Å². The van der Waals surface area contributed by atoms with Gasteiger partial charge < -0.3 is 9.47 Å². The lowest BCUT2D eigenvalue weighted by Gasteiger charge is -2.20. The van der Waals surface area contributed by atoms with Crippen LogP contribution in [0.4, 0.5) is 4.79 Å². The van der Waals surface area contributed by atoms with E-state index in [4.69, 9.17) is 9.47 Å². The van der Waals surface area contributed by atoms with Crippen LogP contribution in [0.3, 0.4) is 0 Å². The summed E-state index contributed by atoms with van der Waals surface area (Å²) in [5.41, 5.74) is 0. The Morgan fingerprint density at radius 2 is 0.773 bits per heavy atom. The summed E-state index contributed by atoms with van der Waals surface area (Å²) in [5.74, 6) is 0. The molecule has 22 heavy (non-hydrogen) atoms. The van der Waals surface area contributed by atoms with Crippen molar-refractivity contribution in [3.05, 3.63) is 0 Å². The molecule has 128 valence electrons. The van der Waals surface area contributed by atoms with E-state index >= 15 is 0 Å². The highest BCUT2D eigenvalue weighted by Gasteiger charge is 2.20. The molecule has 0 unspecified atom stereocenters. The molecule has 0 N–H and O–H groups in total. The highest BCUT2D eigenvalue weighted by atomic mass is 16.7. The van der Waals surface area contributed by atoms with E-state index in [1.165, 1.54) is 77.0 Å². The second-order valence-corrected chi connectivity index (χ2v) is 7.13. The topological polar surface area (TPSA) is 35.5 Å². The standard InChI is InChI=1S/C19H34O3/c20-19(21-17-13-9-5-1-2-6-10-14-17)22-18-15-11-7-3-4-8-12-16-18/h17-18H,1-16H2. The molecule has 0 bridgehead atoms. The summed E-state index contributed by atoms with van der Waals surface area (Å²) in [6.07, 6.45) is 19.0. The fourth-order valence-corrected chi connectivity index (χ4v) is 3.73. The first-order chi connectivity index (χ1) is 10.8. The van der Waals surface area contributed by atoms with Gasteiger partial charge in [0.15, 0.2) is 0 Å². The molecular weight excluding hydrogens is 276 g/mol. The summed E-state index contributed by atoms with van der Waals surface area (Å²) in [7, 11) is 0. The average molecular weight is 310 g/mol. The maximum Gasteiger partial charge on any atom is 0.508 e. The molecule has 0 spiro atoms. The van der Waals surface area contributed by atoms with E-state index in [2.05, 4.69) is 0 Å². The summed E-state index contributed by atoms with van der Waals surface area (Å²) >= 11 is 0. The molecule has 2 fully saturated rings. The van der Waals surface area contributed by atoms with Crippen LogP contribution in [0.25, 0.3) is 0 Å². The van der Waals surface area contributed by atoms with E-state index in [9.17, 15) is 4.79 Å². The van der Waals surface area contributed by atoms with Gasteiger partial charge in [-0.25, -0.2) is 4.79 Å². The number of hydrogen-bond donors (Lipinski definition) is 0. The lowest BCUT2D eigenvalue weighted by molar-refractivity contribution is -0.0113. The fourth-order valence-electron chi connectivity index (χ4n) is 3.73. The Hall–Kier alpha value is -0.730. The molecular formula is C19H34O3. The SMILES string of the molecule is O=C(OC1CCCCCCCC1)OC1CCCCCCCC1. The molecule has 0 aliphatic heterocycles. The monoisotopic (exact) mass is 310 g/mol. The Labute approximate surface area is 136 Å². The zero-order valence-corrected chi connectivity index (χ0v) is 14.2. The molecule has 3 heteroatoms. The highest BCUT2D eigenvalue weighted by molar-refractivity contribution is 5.60. The fraction of sp³-hybridized carbons (Fsp3) is 0.947. The lowest BCUT2D eigenvalue weighted by atomic mass is 10.1. The van der Waals surface area contributed by atoms with Gasteiger partial charge in [0.25, 0.3) is 0 Å². The van der Waals surface area contributed by atoms with Crippen molar-refractivity contribution in [2.45, 2.75) is 115 Å². The Balaban J connectivity index is 1.72. The van der Waals surface area contributed by atoms with Gasteiger partial charge in [0.1, 0.15) is 12.2 Å². The molecule has 0 radical (unpaired) electrons. The van der Waals surface area contributed by atoms with Crippen LogP contribution < -0.4 is 0 Å². The zero-order valence-electron chi connectivity index (χ0n) is 14.2. The first kappa shape index (κ1) is 17.6. The summed E-state index contributed by atoms with van der Waals surface area (Å²) in [6.45, 7) is 0. The third-order valence-electron chi connectivity index (χ3n) is 5.13. The Kier molecular flexibility index (Phi) is 8.74. The minimum absolute atomic E-state index is 0.0851. The van der Waals surface area contributed by atoms with Crippen LogP contribution in [0, 0.1) is 0 Å². The third kappa shape index (κ3) is 7.51. The largest absolute Gasteiger partial charge is 0.508 e. The smallest absolute Gasteiger partial charge is 0.431 e. The van der Waals surface area contributed by atoms with Gasteiger partial charge in [-0.05, 0) is 51.4 Å². The van der Waals surface area contributed by atoms with Gasteiger partial charge in [-0.2, -0.15) is 0 Å². The highest BCUT2D eigenvalue weighted by Crippen LogP contribution is 2.22. The van der Waals surface area contributed by atoms with Crippen LogP contribution in [0.5, 0.6) is 0 Å². The van der Waals surface area contributed by atoms with E-state index < -0.39 is 6.16 Å². The Morgan fingerprint density at radius 1 is 0.500 bits per heavy atom. The van der Waals surface area contributed by atoms with Crippen molar-refractivity contribution in [2.24, 2.45) is 0 Å². The van der Waals surface area contributed by atoms with E-state index in [1.807, 2.05) is 0 Å². The molecule has 2 aliphatic rings. The van der Waals surface area contributed by atoms with Crippen LogP contribution in [0.1, 0.15) is 103 Å². The first-order valence-electron chi connectivity index (χ1n) is 9.72. The van der Waals surface area contributed by atoms with Crippen molar-refractivity contribution in [3.63, 3.8) is 0 Å². The third-order valence-corrected chi connectivity index (χ3v) is 5.13. The predicted molar refractivity (Wildman–Crippen MR) is 89.0 cm³/mol. The van der Waals surface area contributed by atoms with Crippen LogP contribution >= 0.6 is 0 Å². The van der Waals surface area contributed by atoms with Gasteiger partial charge in [0.05, 0.1) is 0 Å². The van der Waals surface area contributed by atoms with Crippen molar-refractivity contribution in [1.82, 2.24) is 0 Å². The first-order valence-corrected chi connectivity index (χ1v) is 9.72. The van der Waals surface area contributed by atoms with Gasteiger partial charge in [-0.3, -0.25) is 0 Å². The minimum Gasteiger partial charge on any atom is -0.431 e. The maximum atomic E-state index is 12.1.